The Hall–Kier alpha value is -3.61. The molecule has 0 spiro atoms. The van der Waals surface area contributed by atoms with Crippen molar-refractivity contribution in [3.63, 3.8) is 0 Å². The van der Waals surface area contributed by atoms with Gasteiger partial charge in [0.15, 0.2) is 0 Å². The van der Waals surface area contributed by atoms with Crippen LogP contribution >= 0.6 is 0 Å². The Morgan fingerprint density at radius 2 is 2.04 bits per heavy atom. The molecular formula is C18H16N4O3. The van der Waals surface area contributed by atoms with Gasteiger partial charge in [-0.25, -0.2) is 9.97 Å². The quantitative estimate of drug-likeness (QED) is 0.661. The number of nitrogens with zero attached hydrogens (tertiary/aromatic N) is 2. The van der Waals surface area contributed by atoms with Crippen LogP contribution in [0.15, 0.2) is 54.7 Å². The van der Waals surface area contributed by atoms with Gasteiger partial charge in [0, 0.05) is 23.5 Å². The van der Waals surface area contributed by atoms with E-state index in [0.717, 1.165) is 0 Å². The number of hydrogen-bond acceptors (Lipinski definition) is 6. The van der Waals surface area contributed by atoms with Crippen molar-refractivity contribution in [1.82, 2.24) is 9.97 Å². The summed E-state index contributed by atoms with van der Waals surface area (Å²) in [7, 11) is 1.48. The van der Waals surface area contributed by atoms with Crippen molar-refractivity contribution in [3.8, 4) is 22.8 Å². The highest BCUT2D eigenvalue weighted by Gasteiger charge is 2.12. The third-order valence-electron chi connectivity index (χ3n) is 3.52. The van der Waals surface area contributed by atoms with E-state index in [1.54, 1.807) is 54.7 Å². The van der Waals surface area contributed by atoms with Gasteiger partial charge in [-0.3, -0.25) is 4.79 Å². The Kier molecular flexibility index (Phi) is 4.47. The highest BCUT2D eigenvalue weighted by Crippen LogP contribution is 2.26. The number of hydrogen-bond donors (Lipinski definition) is 3. The topological polar surface area (TPSA) is 110 Å². The van der Waals surface area contributed by atoms with E-state index in [2.05, 4.69) is 15.3 Å². The van der Waals surface area contributed by atoms with Crippen LogP contribution in [0.3, 0.4) is 0 Å². The second-order valence-corrected chi connectivity index (χ2v) is 5.22. The lowest BCUT2D eigenvalue weighted by atomic mass is 10.1. The molecule has 0 saturated heterocycles. The van der Waals surface area contributed by atoms with E-state index in [9.17, 15) is 9.90 Å². The number of phenolic OH excluding ortho intramolecular Hbond substituents is 1. The van der Waals surface area contributed by atoms with Crippen LogP contribution in [0.1, 0.15) is 10.4 Å². The lowest BCUT2D eigenvalue weighted by molar-refractivity contribution is 0.0997. The van der Waals surface area contributed by atoms with Crippen molar-refractivity contribution in [2.45, 2.75) is 0 Å². The van der Waals surface area contributed by atoms with E-state index in [1.165, 1.54) is 7.11 Å². The third-order valence-corrected chi connectivity index (χ3v) is 3.52. The maximum absolute atomic E-state index is 11.6. The van der Waals surface area contributed by atoms with Gasteiger partial charge in [-0.15, -0.1) is 0 Å². The van der Waals surface area contributed by atoms with Gasteiger partial charge in [0.25, 0.3) is 5.91 Å². The number of aromatic nitrogens is 2. The van der Waals surface area contributed by atoms with Crippen LogP contribution in [-0.2, 0) is 0 Å². The molecular weight excluding hydrogens is 320 g/mol. The first-order valence-corrected chi connectivity index (χ1v) is 7.44. The minimum Gasteiger partial charge on any atom is -0.508 e. The highest BCUT2D eigenvalue weighted by atomic mass is 16.5. The molecule has 1 amide bonds. The molecule has 0 aliphatic carbocycles. The highest BCUT2D eigenvalue weighted by molar-refractivity contribution is 5.97. The number of anilines is 2. The summed E-state index contributed by atoms with van der Waals surface area (Å²) >= 11 is 0. The average Bonchev–Trinajstić information content (AvgIpc) is 2.61. The Morgan fingerprint density at radius 3 is 2.76 bits per heavy atom. The summed E-state index contributed by atoms with van der Waals surface area (Å²) in [6, 6.07) is 13.4. The van der Waals surface area contributed by atoms with Crippen molar-refractivity contribution < 1.29 is 14.6 Å². The van der Waals surface area contributed by atoms with Crippen LogP contribution in [0.5, 0.6) is 11.5 Å². The number of nitrogens with two attached hydrogens (primary N) is 1. The fourth-order valence-corrected chi connectivity index (χ4v) is 2.35. The van der Waals surface area contributed by atoms with Crippen LogP contribution in [0.2, 0.25) is 0 Å². The van der Waals surface area contributed by atoms with Crippen LogP contribution in [0.25, 0.3) is 11.3 Å². The second-order valence-electron chi connectivity index (χ2n) is 5.22. The van der Waals surface area contributed by atoms with Gasteiger partial charge in [0.1, 0.15) is 11.5 Å². The maximum atomic E-state index is 11.6. The zero-order valence-corrected chi connectivity index (χ0v) is 13.4. The van der Waals surface area contributed by atoms with Gasteiger partial charge >= 0.3 is 0 Å². The Bertz CT molecular complexity index is 928. The number of carbonyl (C=O) groups excluding carboxylic acids is 1. The molecule has 1 aromatic heterocycles. The first kappa shape index (κ1) is 16.3. The van der Waals surface area contributed by atoms with Gasteiger partial charge in [0.05, 0.1) is 18.4 Å². The lowest BCUT2D eigenvalue weighted by Crippen LogP contribution is -2.12. The average molecular weight is 336 g/mol. The Morgan fingerprint density at radius 1 is 1.20 bits per heavy atom. The predicted octanol–water partition coefficient (Wildman–Crippen LogP) is 2.70. The molecule has 4 N–H and O–H groups in total. The van der Waals surface area contributed by atoms with Crippen LogP contribution < -0.4 is 15.8 Å². The summed E-state index contributed by atoms with van der Waals surface area (Å²) in [6.45, 7) is 0. The lowest BCUT2D eigenvalue weighted by Gasteiger charge is -2.09. The number of carbonyl (C=O) groups is 1. The first-order valence-electron chi connectivity index (χ1n) is 7.44. The summed E-state index contributed by atoms with van der Waals surface area (Å²) in [6.07, 6.45) is 1.60. The SMILES string of the molecule is COc1ccc(-c2ccnc(Nc3cccc(O)c3)n2)cc1C(N)=O. The normalized spacial score (nSPS) is 10.3. The molecule has 7 nitrogen and oxygen atoms in total. The molecule has 0 bridgehead atoms. The monoisotopic (exact) mass is 336 g/mol. The van der Waals surface area contributed by atoms with E-state index in [0.29, 0.717) is 28.6 Å². The molecule has 0 atom stereocenters. The molecule has 2 aromatic carbocycles. The zero-order valence-electron chi connectivity index (χ0n) is 13.4. The molecule has 0 unspecified atom stereocenters. The molecule has 3 aromatic rings. The minimum atomic E-state index is -0.578. The van der Waals surface area contributed by atoms with Crippen LogP contribution in [0.4, 0.5) is 11.6 Å². The summed E-state index contributed by atoms with van der Waals surface area (Å²) in [5, 5.41) is 12.5. The van der Waals surface area contributed by atoms with Crippen molar-refractivity contribution in [1.29, 1.82) is 0 Å². The van der Waals surface area contributed by atoms with E-state index in [4.69, 9.17) is 10.5 Å². The van der Waals surface area contributed by atoms with E-state index < -0.39 is 5.91 Å². The maximum Gasteiger partial charge on any atom is 0.252 e. The molecule has 0 radical (unpaired) electrons. The fraction of sp³-hybridized carbons (Fsp3) is 0.0556. The second kappa shape index (κ2) is 6.88. The summed E-state index contributed by atoms with van der Waals surface area (Å²) in [5.41, 5.74) is 7.65. The van der Waals surface area contributed by atoms with Crippen LogP contribution in [-0.4, -0.2) is 28.1 Å². The van der Waals surface area contributed by atoms with Gasteiger partial charge in [-0.05, 0) is 36.4 Å². The number of aromatic hydroxyl groups is 1. The van der Waals surface area contributed by atoms with Crippen molar-refractivity contribution in [2.24, 2.45) is 5.73 Å². The molecule has 1 heterocycles. The Labute approximate surface area is 144 Å². The number of rotatable bonds is 5. The summed E-state index contributed by atoms with van der Waals surface area (Å²) < 4.78 is 5.14. The van der Waals surface area contributed by atoms with Gasteiger partial charge in [-0.2, -0.15) is 0 Å². The number of amides is 1. The van der Waals surface area contributed by atoms with E-state index in [1.807, 2.05) is 0 Å². The Balaban J connectivity index is 1.94. The number of ether oxygens (including phenoxy) is 1. The van der Waals surface area contributed by atoms with Gasteiger partial charge in [0.2, 0.25) is 5.95 Å². The molecule has 0 aliphatic rings. The smallest absolute Gasteiger partial charge is 0.252 e. The van der Waals surface area contributed by atoms with Crippen molar-refractivity contribution in [3.05, 3.63) is 60.3 Å². The molecule has 25 heavy (non-hydrogen) atoms. The van der Waals surface area contributed by atoms with Crippen molar-refractivity contribution in [2.75, 3.05) is 12.4 Å². The molecule has 0 saturated carbocycles. The fourth-order valence-electron chi connectivity index (χ4n) is 2.35. The van der Waals surface area contributed by atoms with Gasteiger partial charge < -0.3 is 20.9 Å². The van der Waals surface area contributed by atoms with E-state index >= 15 is 0 Å². The number of benzene rings is 2. The number of nitrogens with one attached hydrogen (secondary N) is 1. The molecule has 0 aliphatic heterocycles. The number of methoxy groups -OCH3 is 1. The standard InChI is InChI=1S/C18H16N4O3/c1-25-16-6-5-11(9-14(16)17(19)24)15-7-8-20-18(22-15)21-12-3-2-4-13(23)10-12/h2-10,23H,1H3,(H2,19,24)(H,20,21,22). The molecule has 126 valence electrons. The first-order chi connectivity index (χ1) is 12.1. The number of primary amides is 1. The van der Waals surface area contributed by atoms with Crippen molar-refractivity contribution >= 4 is 17.5 Å². The third kappa shape index (κ3) is 3.66. The largest absolute Gasteiger partial charge is 0.508 e. The molecule has 0 fully saturated rings. The predicted molar refractivity (Wildman–Crippen MR) is 93.9 cm³/mol. The summed E-state index contributed by atoms with van der Waals surface area (Å²) in [5.74, 6) is 0.330. The molecule has 3 rings (SSSR count). The molecule has 7 heteroatoms. The minimum absolute atomic E-state index is 0.141. The van der Waals surface area contributed by atoms with E-state index in [-0.39, 0.29) is 11.3 Å². The van der Waals surface area contributed by atoms with Crippen LogP contribution in [0, 0.1) is 0 Å². The summed E-state index contributed by atoms with van der Waals surface area (Å²) in [4.78, 5) is 20.2. The zero-order chi connectivity index (χ0) is 17.8. The number of phenols is 1. The van der Waals surface area contributed by atoms with Gasteiger partial charge in [-0.1, -0.05) is 6.07 Å².